The van der Waals surface area contributed by atoms with Crippen LogP contribution in [0.1, 0.15) is 34.1 Å². The van der Waals surface area contributed by atoms with Crippen LogP contribution < -0.4 is 5.32 Å². The Kier molecular flexibility index (Phi) is 5.21. The van der Waals surface area contributed by atoms with E-state index in [0.29, 0.717) is 22.2 Å². The van der Waals surface area contributed by atoms with E-state index >= 15 is 0 Å². The molecule has 0 aliphatic heterocycles. The molecule has 1 N–H and O–H groups in total. The predicted octanol–water partition coefficient (Wildman–Crippen LogP) is 4.32. The molecule has 24 heavy (non-hydrogen) atoms. The lowest BCUT2D eigenvalue weighted by molar-refractivity contribution is -0.119. The minimum Gasteiger partial charge on any atom is -0.452 e. The molecular weight excluding hydrogens is 346 g/mol. The van der Waals surface area contributed by atoms with E-state index in [1.165, 1.54) is 4.88 Å². The first-order chi connectivity index (χ1) is 11.5. The molecule has 1 atom stereocenters. The molecule has 1 amide bonds. The number of fused-ring (bicyclic) bond motifs is 1. The molecule has 3 rings (SSSR count). The van der Waals surface area contributed by atoms with E-state index in [-0.39, 0.29) is 6.61 Å². The molecule has 1 aromatic carbocycles. The zero-order valence-electron chi connectivity index (χ0n) is 13.3. The number of halogens is 1. The van der Waals surface area contributed by atoms with Gasteiger partial charge in [-0.05, 0) is 42.9 Å². The first-order valence-corrected chi connectivity index (χ1v) is 9.11. The number of nitrogens with one attached hydrogen (secondary N) is 1. The molecule has 4 nitrogen and oxygen atoms in total. The summed E-state index contributed by atoms with van der Waals surface area (Å²) in [5.41, 5.74) is 2.20. The number of hydrogen-bond acceptors (Lipinski definition) is 4. The van der Waals surface area contributed by atoms with Gasteiger partial charge in [0, 0.05) is 10.3 Å². The molecule has 1 heterocycles. The lowest BCUT2D eigenvalue weighted by atomic mass is 9.88. The predicted molar refractivity (Wildman–Crippen MR) is 95.9 cm³/mol. The van der Waals surface area contributed by atoms with Crippen molar-refractivity contribution in [2.45, 2.75) is 26.2 Å². The molecule has 0 saturated carbocycles. The summed E-state index contributed by atoms with van der Waals surface area (Å²) >= 11 is 7.59. The lowest BCUT2D eigenvalue weighted by Gasteiger charge is -2.18. The van der Waals surface area contributed by atoms with E-state index in [2.05, 4.69) is 12.2 Å². The first-order valence-electron chi connectivity index (χ1n) is 7.85. The third-order valence-electron chi connectivity index (χ3n) is 4.10. The second kappa shape index (κ2) is 7.36. The molecular formula is C18H18ClNO3S. The number of esters is 1. The molecule has 0 bridgehead atoms. The Morgan fingerprint density at radius 3 is 2.96 bits per heavy atom. The molecule has 126 valence electrons. The van der Waals surface area contributed by atoms with Crippen LogP contribution in [0.4, 0.5) is 5.69 Å². The summed E-state index contributed by atoms with van der Waals surface area (Å²) in [6.45, 7) is 1.89. The van der Waals surface area contributed by atoms with Gasteiger partial charge in [-0.1, -0.05) is 30.7 Å². The van der Waals surface area contributed by atoms with E-state index in [0.717, 1.165) is 24.8 Å². The smallest absolute Gasteiger partial charge is 0.339 e. The van der Waals surface area contributed by atoms with Crippen LogP contribution in [-0.4, -0.2) is 18.5 Å². The van der Waals surface area contributed by atoms with Crippen LogP contribution in [0.5, 0.6) is 0 Å². The Balaban J connectivity index is 1.58. The normalized spacial score (nSPS) is 16.3. The Morgan fingerprint density at radius 1 is 1.38 bits per heavy atom. The van der Waals surface area contributed by atoms with Crippen molar-refractivity contribution in [3.8, 4) is 0 Å². The monoisotopic (exact) mass is 363 g/mol. The van der Waals surface area contributed by atoms with E-state index in [9.17, 15) is 9.59 Å². The number of hydrogen-bond donors (Lipinski definition) is 1. The topological polar surface area (TPSA) is 55.4 Å². The van der Waals surface area contributed by atoms with E-state index in [1.807, 2.05) is 5.38 Å². The molecule has 1 aromatic heterocycles. The first kappa shape index (κ1) is 17.0. The lowest BCUT2D eigenvalue weighted by Crippen LogP contribution is -2.21. The van der Waals surface area contributed by atoms with Gasteiger partial charge < -0.3 is 10.1 Å². The van der Waals surface area contributed by atoms with Gasteiger partial charge in [0.15, 0.2) is 6.61 Å². The highest BCUT2D eigenvalue weighted by Crippen LogP contribution is 2.33. The van der Waals surface area contributed by atoms with Gasteiger partial charge in [0.2, 0.25) is 0 Å². The number of amides is 1. The summed E-state index contributed by atoms with van der Waals surface area (Å²) in [4.78, 5) is 25.5. The second-order valence-electron chi connectivity index (χ2n) is 6.00. The molecule has 0 radical (unpaired) electrons. The summed E-state index contributed by atoms with van der Waals surface area (Å²) < 4.78 is 5.17. The summed E-state index contributed by atoms with van der Waals surface area (Å²) in [7, 11) is 0. The van der Waals surface area contributed by atoms with Crippen LogP contribution in [0.2, 0.25) is 5.02 Å². The van der Waals surface area contributed by atoms with Crippen molar-refractivity contribution in [1.82, 2.24) is 0 Å². The van der Waals surface area contributed by atoms with Crippen molar-refractivity contribution >= 4 is 40.5 Å². The molecule has 6 heteroatoms. The summed E-state index contributed by atoms with van der Waals surface area (Å²) in [5.74, 6) is -0.188. The van der Waals surface area contributed by atoms with Crippen LogP contribution in [0.15, 0.2) is 29.6 Å². The van der Waals surface area contributed by atoms with Gasteiger partial charge in [-0.25, -0.2) is 4.79 Å². The fourth-order valence-electron chi connectivity index (χ4n) is 2.81. The van der Waals surface area contributed by atoms with E-state index < -0.39 is 11.9 Å². The second-order valence-corrected chi connectivity index (χ2v) is 7.37. The van der Waals surface area contributed by atoms with Gasteiger partial charge in [0.1, 0.15) is 0 Å². The van der Waals surface area contributed by atoms with Gasteiger partial charge in [-0.15, -0.1) is 11.3 Å². The van der Waals surface area contributed by atoms with Crippen LogP contribution in [0, 0.1) is 5.92 Å². The quantitative estimate of drug-likeness (QED) is 0.823. The number of anilines is 1. The number of rotatable bonds is 4. The average Bonchev–Trinajstić information content (AvgIpc) is 2.98. The van der Waals surface area contributed by atoms with Crippen molar-refractivity contribution < 1.29 is 14.3 Å². The maximum atomic E-state index is 12.3. The number of carbonyl (C=O) groups excluding carboxylic acids is 2. The zero-order valence-corrected chi connectivity index (χ0v) is 14.9. The Hall–Kier alpha value is -1.85. The molecule has 0 spiro atoms. The van der Waals surface area contributed by atoms with Gasteiger partial charge >= 0.3 is 5.97 Å². The van der Waals surface area contributed by atoms with Crippen LogP contribution in [0.25, 0.3) is 0 Å². The number of para-hydroxylation sites is 1. The fraction of sp³-hybridized carbons (Fsp3) is 0.333. The number of thiophene rings is 1. The fourth-order valence-corrected chi connectivity index (χ4v) is 4.22. The molecule has 1 unspecified atom stereocenters. The van der Waals surface area contributed by atoms with Gasteiger partial charge in [-0.2, -0.15) is 0 Å². The molecule has 1 aliphatic rings. The molecule has 1 aliphatic carbocycles. The molecule has 0 fully saturated rings. The van der Waals surface area contributed by atoms with Gasteiger partial charge in [-0.3, -0.25) is 4.79 Å². The standard InChI is InChI=1S/C18H18ClNO3S/c1-11-6-7-12-13(10-24-16(12)8-11)18(22)23-9-17(21)20-15-5-3-2-4-14(15)19/h2-5,10-11H,6-9H2,1H3,(H,20,21). The van der Waals surface area contributed by atoms with Crippen LogP contribution >= 0.6 is 22.9 Å². The molecule has 0 saturated heterocycles. The minimum absolute atomic E-state index is 0.328. The van der Waals surface area contributed by atoms with Crippen LogP contribution in [-0.2, 0) is 22.4 Å². The summed E-state index contributed by atoms with van der Waals surface area (Å²) in [6.07, 6.45) is 2.99. The van der Waals surface area contributed by atoms with Crippen molar-refractivity contribution in [2.24, 2.45) is 5.92 Å². The van der Waals surface area contributed by atoms with Crippen molar-refractivity contribution in [3.63, 3.8) is 0 Å². The third-order valence-corrected chi connectivity index (χ3v) is 5.48. The summed E-state index contributed by atoms with van der Waals surface area (Å²) in [5, 5.41) is 4.92. The highest BCUT2D eigenvalue weighted by atomic mass is 35.5. The summed E-state index contributed by atoms with van der Waals surface area (Å²) in [6, 6.07) is 6.92. The average molecular weight is 364 g/mol. The maximum absolute atomic E-state index is 12.3. The Bertz CT molecular complexity index is 771. The van der Waals surface area contributed by atoms with Gasteiger partial charge in [0.05, 0.1) is 16.3 Å². The van der Waals surface area contributed by atoms with Crippen LogP contribution in [0.3, 0.4) is 0 Å². The zero-order chi connectivity index (χ0) is 17.1. The minimum atomic E-state index is -0.434. The number of ether oxygens (including phenoxy) is 1. The molecule has 2 aromatic rings. The van der Waals surface area contributed by atoms with Crippen molar-refractivity contribution in [3.05, 3.63) is 50.7 Å². The Labute approximate surface area is 149 Å². The third kappa shape index (κ3) is 3.79. The largest absolute Gasteiger partial charge is 0.452 e. The van der Waals surface area contributed by atoms with Crippen molar-refractivity contribution in [2.75, 3.05) is 11.9 Å². The SMILES string of the molecule is CC1CCc2c(C(=O)OCC(=O)Nc3ccccc3Cl)csc2C1. The van der Waals surface area contributed by atoms with E-state index in [4.69, 9.17) is 16.3 Å². The highest BCUT2D eigenvalue weighted by molar-refractivity contribution is 7.10. The Morgan fingerprint density at radius 2 is 2.17 bits per heavy atom. The number of carbonyl (C=O) groups is 2. The van der Waals surface area contributed by atoms with E-state index in [1.54, 1.807) is 35.6 Å². The van der Waals surface area contributed by atoms with Crippen molar-refractivity contribution in [1.29, 1.82) is 0 Å². The number of benzene rings is 1. The van der Waals surface area contributed by atoms with Gasteiger partial charge in [0.25, 0.3) is 5.91 Å². The maximum Gasteiger partial charge on any atom is 0.339 e. The highest BCUT2D eigenvalue weighted by Gasteiger charge is 2.24.